The number of amides is 1. The van der Waals surface area contributed by atoms with Crippen LogP contribution >= 0.6 is 0 Å². The number of aliphatic hydroxyl groups excluding tert-OH is 1. The third kappa shape index (κ3) is 3.49. The molecule has 0 aliphatic heterocycles. The highest BCUT2D eigenvalue weighted by Gasteiger charge is 2.35. The molecule has 0 radical (unpaired) electrons. The first-order valence-electron chi connectivity index (χ1n) is 6.83. The number of nitrogens with one attached hydrogen (secondary N) is 2. The monoisotopic (exact) mass is 273 g/mol. The lowest BCUT2D eigenvalue weighted by Gasteiger charge is -2.22. The number of nitrogens with zero attached hydrogens (tertiary/aromatic N) is 1. The fraction of sp³-hybridized carbons (Fsp3) is 0.467. The van der Waals surface area contributed by atoms with Crippen LogP contribution < -0.4 is 10.6 Å². The number of anilines is 1. The largest absolute Gasteiger partial charge is 0.392 e. The molecule has 0 atom stereocenters. The van der Waals surface area contributed by atoms with Gasteiger partial charge >= 0.3 is 0 Å². The van der Waals surface area contributed by atoms with Crippen molar-refractivity contribution >= 4 is 11.6 Å². The van der Waals surface area contributed by atoms with E-state index in [0.717, 1.165) is 36.9 Å². The summed E-state index contributed by atoms with van der Waals surface area (Å²) in [5.41, 5.74) is 0.898. The minimum Gasteiger partial charge on any atom is -0.392 e. The number of carbonyl (C=O) groups excluding carboxylic acids is 1. The second-order valence-electron chi connectivity index (χ2n) is 5.16. The van der Waals surface area contributed by atoms with Crippen LogP contribution in [0.2, 0.25) is 0 Å². The average Bonchev–Trinajstić information content (AvgIpc) is 2.94. The first-order chi connectivity index (χ1) is 9.67. The third-order valence-electron chi connectivity index (χ3n) is 3.61. The molecule has 0 unspecified atom stereocenters. The molecule has 1 amide bonds. The van der Waals surface area contributed by atoms with E-state index in [1.54, 1.807) is 6.07 Å². The average molecular weight is 273 g/mol. The molecule has 3 N–H and O–H groups in total. The van der Waals surface area contributed by atoms with Crippen LogP contribution in [-0.4, -0.2) is 23.1 Å². The second-order valence-corrected chi connectivity index (χ2v) is 5.16. The molecule has 1 aromatic rings. The molecule has 106 valence electrons. The zero-order valence-corrected chi connectivity index (χ0v) is 11.4. The van der Waals surface area contributed by atoms with Crippen LogP contribution in [-0.2, 0) is 11.4 Å². The molecule has 5 heteroatoms. The number of benzene rings is 1. The zero-order chi connectivity index (χ0) is 14.4. The predicted molar refractivity (Wildman–Crippen MR) is 75.8 cm³/mol. The number of hydrogen-bond donors (Lipinski definition) is 3. The summed E-state index contributed by atoms with van der Waals surface area (Å²) < 4.78 is 0. The molecule has 1 saturated carbocycles. The van der Waals surface area contributed by atoms with Crippen molar-refractivity contribution in [3.63, 3.8) is 0 Å². The number of carbonyl (C=O) groups is 1. The molecule has 20 heavy (non-hydrogen) atoms. The van der Waals surface area contributed by atoms with E-state index in [1.165, 1.54) is 0 Å². The van der Waals surface area contributed by atoms with Gasteiger partial charge in [-0.2, -0.15) is 5.26 Å². The molecule has 0 aromatic heterocycles. The van der Waals surface area contributed by atoms with Gasteiger partial charge in [0.1, 0.15) is 5.54 Å². The van der Waals surface area contributed by atoms with Crippen LogP contribution in [0.3, 0.4) is 0 Å². The molecule has 0 saturated heterocycles. The van der Waals surface area contributed by atoms with Crippen LogP contribution in [0.15, 0.2) is 24.3 Å². The maximum atomic E-state index is 11.9. The smallest absolute Gasteiger partial charge is 0.240 e. The summed E-state index contributed by atoms with van der Waals surface area (Å²) in [6, 6.07) is 9.49. The molecule has 1 aliphatic rings. The van der Waals surface area contributed by atoms with E-state index >= 15 is 0 Å². The summed E-state index contributed by atoms with van der Waals surface area (Å²) in [5, 5.41) is 24.1. The van der Waals surface area contributed by atoms with Crippen LogP contribution in [0.4, 0.5) is 5.69 Å². The number of aliphatic hydroxyl groups is 1. The topological polar surface area (TPSA) is 85.2 Å². The van der Waals surface area contributed by atoms with Gasteiger partial charge in [-0.15, -0.1) is 0 Å². The van der Waals surface area contributed by atoms with Crippen LogP contribution in [0.1, 0.15) is 31.2 Å². The van der Waals surface area contributed by atoms with Gasteiger partial charge in [-0.1, -0.05) is 12.1 Å². The molecule has 0 bridgehead atoms. The lowest BCUT2D eigenvalue weighted by atomic mass is 10.00. The highest BCUT2D eigenvalue weighted by atomic mass is 16.3. The summed E-state index contributed by atoms with van der Waals surface area (Å²) >= 11 is 0. The molecule has 1 aliphatic carbocycles. The first-order valence-corrected chi connectivity index (χ1v) is 6.83. The van der Waals surface area contributed by atoms with E-state index in [-0.39, 0.29) is 19.1 Å². The third-order valence-corrected chi connectivity index (χ3v) is 3.61. The predicted octanol–water partition coefficient (Wildman–Crippen LogP) is 1.54. The standard InChI is InChI=1S/C15H19N3O2/c16-11-15(6-1-2-7-15)18-14(20)9-17-13-5-3-4-12(8-13)10-19/h3-5,8,17,19H,1-2,6-7,9-10H2,(H,18,20). The van der Waals surface area contributed by atoms with Gasteiger partial charge in [0.05, 0.1) is 19.2 Å². The quantitative estimate of drug-likeness (QED) is 0.759. The molecule has 0 spiro atoms. The van der Waals surface area contributed by atoms with Gasteiger partial charge < -0.3 is 15.7 Å². The molecule has 0 heterocycles. The first kappa shape index (κ1) is 14.4. The van der Waals surface area contributed by atoms with Crippen LogP contribution in [0, 0.1) is 11.3 Å². The van der Waals surface area contributed by atoms with Crippen LogP contribution in [0.25, 0.3) is 0 Å². The van der Waals surface area contributed by atoms with E-state index in [0.29, 0.717) is 0 Å². The number of rotatable bonds is 5. The normalized spacial score (nSPS) is 16.4. The lowest BCUT2D eigenvalue weighted by molar-refractivity contribution is -0.120. The van der Waals surface area contributed by atoms with Gasteiger partial charge in [-0.3, -0.25) is 4.79 Å². The maximum Gasteiger partial charge on any atom is 0.240 e. The molecule has 2 rings (SSSR count). The number of hydrogen-bond acceptors (Lipinski definition) is 4. The van der Waals surface area contributed by atoms with Crippen molar-refractivity contribution in [2.45, 2.75) is 37.8 Å². The van der Waals surface area contributed by atoms with Crippen molar-refractivity contribution in [2.75, 3.05) is 11.9 Å². The Kier molecular flexibility index (Phi) is 4.59. The molecule has 1 fully saturated rings. The van der Waals surface area contributed by atoms with Crippen molar-refractivity contribution in [3.8, 4) is 6.07 Å². The van der Waals surface area contributed by atoms with Gasteiger partial charge in [0.15, 0.2) is 0 Å². The van der Waals surface area contributed by atoms with E-state index in [4.69, 9.17) is 5.11 Å². The Balaban J connectivity index is 1.87. The SMILES string of the molecule is N#CC1(NC(=O)CNc2cccc(CO)c2)CCCC1. The van der Waals surface area contributed by atoms with Gasteiger partial charge in [0.25, 0.3) is 0 Å². The van der Waals surface area contributed by atoms with Crippen molar-refractivity contribution in [1.29, 1.82) is 5.26 Å². The van der Waals surface area contributed by atoms with Crippen molar-refractivity contribution in [3.05, 3.63) is 29.8 Å². The lowest BCUT2D eigenvalue weighted by Crippen LogP contribution is -2.47. The number of nitriles is 1. The van der Waals surface area contributed by atoms with Gasteiger partial charge in [0.2, 0.25) is 5.91 Å². The zero-order valence-electron chi connectivity index (χ0n) is 11.4. The fourth-order valence-electron chi connectivity index (χ4n) is 2.52. The Hall–Kier alpha value is -2.06. The highest BCUT2D eigenvalue weighted by Crippen LogP contribution is 2.28. The van der Waals surface area contributed by atoms with E-state index in [9.17, 15) is 10.1 Å². The minimum atomic E-state index is -0.675. The maximum absolute atomic E-state index is 11.9. The Labute approximate surface area is 118 Å². The summed E-state index contributed by atoms with van der Waals surface area (Å²) in [6.45, 7) is 0.0948. The van der Waals surface area contributed by atoms with Crippen molar-refractivity contribution < 1.29 is 9.90 Å². The van der Waals surface area contributed by atoms with Crippen LogP contribution in [0.5, 0.6) is 0 Å². The summed E-state index contributed by atoms with van der Waals surface area (Å²) in [5.74, 6) is -0.178. The Bertz CT molecular complexity index is 516. The van der Waals surface area contributed by atoms with Gasteiger partial charge in [-0.05, 0) is 43.4 Å². The van der Waals surface area contributed by atoms with Crippen molar-refractivity contribution in [1.82, 2.24) is 5.32 Å². The molecule has 1 aromatic carbocycles. The summed E-state index contributed by atoms with van der Waals surface area (Å²) in [7, 11) is 0. The molecular weight excluding hydrogens is 254 g/mol. The Morgan fingerprint density at radius 1 is 1.40 bits per heavy atom. The minimum absolute atomic E-state index is 0.0285. The molecular formula is C15H19N3O2. The molecule has 5 nitrogen and oxygen atoms in total. The second kappa shape index (κ2) is 6.40. The fourth-order valence-corrected chi connectivity index (χ4v) is 2.52. The Morgan fingerprint density at radius 2 is 2.15 bits per heavy atom. The highest BCUT2D eigenvalue weighted by molar-refractivity contribution is 5.81. The Morgan fingerprint density at radius 3 is 2.80 bits per heavy atom. The van der Waals surface area contributed by atoms with Crippen molar-refractivity contribution in [2.24, 2.45) is 0 Å². The van der Waals surface area contributed by atoms with Gasteiger partial charge in [-0.25, -0.2) is 0 Å². The van der Waals surface area contributed by atoms with Gasteiger partial charge in [0, 0.05) is 5.69 Å². The van der Waals surface area contributed by atoms with E-state index in [2.05, 4.69) is 16.7 Å². The van der Waals surface area contributed by atoms with E-state index < -0.39 is 5.54 Å². The van der Waals surface area contributed by atoms with E-state index in [1.807, 2.05) is 18.2 Å². The summed E-state index contributed by atoms with van der Waals surface area (Å²) in [6.07, 6.45) is 3.43. The summed E-state index contributed by atoms with van der Waals surface area (Å²) in [4.78, 5) is 11.9.